The summed E-state index contributed by atoms with van der Waals surface area (Å²) in [4.78, 5) is 11.7. The fourth-order valence-corrected chi connectivity index (χ4v) is 2.64. The summed E-state index contributed by atoms with van der Waals surface area (Å²) in [5.41, 5.74) is 1.12. The van der Waals surface area contributed by atoms with Crippen LogP contribution in [0.5, 0.6) is 0 Å². The van der Waals surface area contributed by atoms with Gasteiger partial charge in [0, 0.05) is 17.4 Å². The number of carbonyl (C=O) groups is 1. The van der Waals surface area contributed by atoms with Crippen molar-refractivity contribution >= 4 is 21.8 Å². The molecule has 0 radical (unpaired) electrons. The number of rotatable bonds is 5. The van der Waals surface area contributed by atoms with Crippen LogP contribution < -0.4 is 10.6 Å². The van der Waals surface area contributed by atoms with Crippen molar-refractivity contribution in [2.75, 3.05) is 13.1 Å². The third-order valence-corrected chi connectivity index (χ3v) is 4.15. The molecule has 1 fully saturated rings. The van der Waals surface area contributed by atoms with E-state index in [-0.39, 0.29) is 5.91 Å². The maximum Gasteiger partial charge on any atom is 0.220 e. The van der Waals surface area contributed by atoms with Gasteiger partial charge in [0.2, 0.25) is 5.91 Å². The molecule has 18 heavy (non-hydrogen) atoms. The van der Waals surface area contributed by atoms with E-state index < -0.39 is 0 Å². The average Bonchev–Trinajstić information content (AvgIpc) is 2.88. The van der Waals surface area contributed by atoms with Crippen LogP contribution in [0.25, 0.3) is 0 Å². The first-order valence-electron chi connectivity index (χ1n) is 6.46. The molecule has 2 N–H and O–H groups in total. The fraction of sp³-hybridized carbons (Fsp3) is 0.500. The first-order valence-corrected chi connectivity index (χ1v) is 7.26. The molecule has 0 saturated carbocycles. The van der Waals surface area contributed by atoms with E-state index in [0.717, 1.165) is 29.5 Å². The minimum Gasteiger partial charge on any atom is -0.352 e. The zero-order valence-electron chi connectivity index (χ0n) is 10.4. The molecule has 3 nitrogen and oxygen atoms in total. The van der Waals surface area contributed by atoms with Gasteiger partial charge >= 0.3 is 0 Å². The van der Waals surface area contributed by atoms with Gasteiger partial charge in [0.15, 0.2) is 0 Å². The molecule has 1 aliphatic rings. The molecular weight excluding hydrogens is 292 g/mol. The lowest BCUT2D eigenvalue weighted by Crippen LogP contribution is -2.23. The van der Waals surface area contributed by atoms with Gasteiger partial charge in [-0.1, -0.05) is 34.1 Å². The lowest BCUT2D eigenvalue weighted by atomic mass is 10.0. The summed E-state index contributed by atoms with van der Waals surface area (Å²) >= 11 is 3.48. The summed E-state index contributed by atoms with van der Waals surface area (Å²) in [5, 5.41) is 6.30. The highest BCUT2D eigenvalue weighted by Gasteiger charge is 2.15. The second-order valence-corrected chi connectivity index (χ2v) is 5.62. The Morgan fingerprint density at radius 3 is 3.00 bits per heavy atom. The summed E-state index contributed by atoms with van der Waals surface area (Å²) in [7, 11) is 0. The SMILES string of the molecule is O=C(CCC1CCNC1)NCc1ccccc1Br. The Labute approximate surface area is 116 Å². The molecule has 1 aromatic rings. The van der Waals surface area contributed by atoms with E-state index in [1.807, 2.05) is 24.3 Å². The van der Waals surface area contributed by atoms with Crippen molar-refractivity contribution < 1.29 is 4.79 Å². The standard InChI is InChI=1S/C14H19BrN2O/c15-13-4-2-1-3-12(13)10-17-14(18)6-5-11-7-8-16-9-11/h1-4,11,16H,5-10H2,(H,17,18). The Bertz CT molecular complexity index is 403. The summed E-state index contributed by atoms with van der Waals surface area (Å²) in [6.07, 6.45) is 2.84. The van der Waals surface area contributed by atoms with Crippen molar-refractivity contribution in [2.45, 2.75) is 25.8 Å². The molecule has 4 heteroatoms. The highest BCUT2D eigenvalue weighted by molar-refractivity contribution is 9.10. The molecular formula is C14H19BrN2O. The molecule has 0 aliphatic carbocycles. The van der Waals surface area contributed by atoms with Gasteiger partial charge in [-0.3, -0.25) is 4.79 Å². The number of benzene rings is 1. The fourth-order valence-electron chi connectivity index (χ4n) is 2.22. The highest BCUT2D eigenvalue weighted by atomic mass is 79.9. The van der Waals surface area contributed by atoms with E-state index in [2.05, 4.69) is 26.6 Å². The summed E-state index contributed by atoms with van der Waals surface area (Å²) in [5.74, 6) is 0.830. The first kappa shape index (κ1) is 13.6. The van der Waals surface area contributed by atoms with Gasteiger partial charge in [-0.15, -0.1) is 0 Å². The number of hydrogen-bond donors (Lipinski definition) is 2. The number of amides is 1. The van der Waals surface area contributed by atoms with Crippen LogP contribution in [0.4, 0.5) is 0 Å². The lowest BCUT2D eigenvalue weighted by molar-refractivity contribution is -0.121. The summed E-state index contributed by atoms with van der Waals surface area (Å²) in [6, 6.07) is 7.97. The molecule has 1 amide bonds. The normalized spacial score (nSPS) is 18.8. The van der Waals surface area contributed by atoms with Crippen LogP contribution >= 0.6 is 15.9 Å². The van der Waals surface area contributed by atoms with Crippen LogP contribution in [-0.2, 0) is 11.3 Å². The second-order valence-electron chi connectivity index (χ2n) is 4.77. The molecule has 1 aliphatic heterocycles. The van der Waals surface area contributed by atoms with Gasteiger partial charge in [-0.05, 0) is 43.5 Å². The van der Waals surface area contributed by atoms with Crippen molar-refractivity contribution in [3.8, 4) is 0 Å². The van der Waals surface area contributed by atoms with Crippen molar-refractivity contribution in [1.29, 1.82) is 0 Å². The van der Waals surface area contributed by atoms with E-state index >= 15 is 0 Å². The van der Waals surface area contributed by atoms with Crippen LogP contribution in [0.2, 0.25) is 0 Å². The van der Waals surface area contributed by atoms with E-state index in [1.54, 1.807) is 0 Å². The Kier molecular flexibility index (Phi) is 5.20. The van der Waals surface area contributed by atoms with Crippen molar-refractivity contribution in [2.24, 2.45) is 5.92 Å². The quantitative estimate of drug-likeness (QED) is 0.877. The maximum absolute atomic E-state index is 11.7. The first-order chi connectivity index (χ1) is 8.75. The van der Waals surface area contributed by atoms with Crippen LogP contribution in [0.1, 0.15) is 24.8 Å². The Morgan fingerprint density at radius 1 is 1.44 bits per heavy atom. The smallest absolute Gasteiger partial charge is 0.220 e. The van der Waals surface area contributed by atoms with Crippen LogP contribution in [0.15, 0.2) is 28.7 Å². The second kappa shape index (κ2) is 6.90. The van der Waals surface area contributed by atoms with Gasteiger partial charge in [-0.25, -0.2) is 0 Å². The van der Waals surface area contributed by atoms with E-state index in [0.29, 0.717) is 18.9 Å². The van der Waals surface area contributed by atoms with Crippen LogP contribution in [0.3, 0.4) is 0 Å². The topological polar surface area (TPSA) is 41.1 Å². The number of hydrogen-bond acceptors (Lipinski definition) is 2. The van der Waals surface area contributed by atoms with Crippen molar-refractivity contribution in [3.63, 3.8) is 0 Å². The molecule has 0 aromatic heterocycles. The summed E-state index contributed by atoms with van der Waals surface area (Å²) in [6.45, 7) is 2.77. The molecule has 98 valence electrons. The van der Waals surface area contributed by atoms with Crippen LogP contribution in [-0.4, -0.2) is 19.0 Å². The minimum absolute atomic E-state index is 0.151. The Hall–Kier alpha value is -0.870. The highest BCUT2D eigenvalue weighted by Crippen LogP contribution is 2.16. The predicted molar refractivity (Wildman–Crippen MR) is 76.2 cm³/mol. The van der Waals surface area contributed by atoms with Crippen LogP contribution in [0, 0.1) is 5.92 Å². The molecule has 1 heterocycles. The summed E-state index contributed by atoms with van der Waals surface area (Å²) < 4.78 is 1.05. The van der Waals surface area contributed by atoms with Gasteiger partial charge in [0.1, 0.15) is 0 Å². The molecule has 0 bridgehead atoms. The minimum atomic E-state index is 0.151. The zero-order chi connectivity index (χ0) is 12.8. The van der Waals surface area contributed by atoms with Gasteiger partial charge < -0.3 is 10.6 Å². The van der Waals surface area contributed by atoms with E-state index in [9.17, 15) is 4.79 Å². The van der Waals surface area contributed by atoms with E-state index in [4.69, 9.17) is 0 Å². The monoisotopic (exact) mass is 310 g/mol. The Balaban J connectivity index is 1.69. The molecule has 2 rings (SSSR count). The Morgan fingerprint density at radius 2 is 2.28 bits per heavy atom. The molecule has 1 atom stereocenters. The molecule has 1 aromatic carbocycles. The van der Waals surface area contributed by atoms with Gasteiger partial charge in [-0.2, -0.15) is 0 Å². The molecule has 1 saturated heterocycles. The number of halogens is 1. The number of carbonyl (C=O) groups excluding carboxylic acids is 1. The third-order valence-electron chi connectivity index (χ3n) is 3.38. The number of nitrogens with one attached hydrogen (secondary N) is 2. The van der Waals surface area contributed by atoms with Gasteiger partial charge in [0.05, 0.1) is 0 Å². The average molecular weight is 311 g/mol. The zero-order valence-corrected chi connectivity index (χ0v) is 12.0. The maximum atomic E-state index is 11.7. The van der Waals surface area contributed by atoms with E-state index in [1.165, 1.54) is 6.42 Å². The van der Waals surface area contributed by atoms with Crippen molar-refractivity contribution in [3.05, 3.63) is 34.3 Å². The third kappa shape index (κ3) is 4.10. The molecule has 0 spiro atoms. The predicted octanol–water partition coefficient (Wildman–Crippen LogP) is 2.46. The van der Waals surface area contributed by atoms with Gasteiger partial charge in [0.25, 0.3) is 0 Å². The molecule has 1 unspecified atom stereocenters. The lowest BCUT2D eigenvalue weighted by Gasteiger charge is -2.09. The largest absolute Gasteiger partial charge is 0.352 e. The van der Waals surface area contributed by atoms with Crippen molar-refractivity contribution in [1.82, 2.24) is 10.6 Å².